The van der Waals surface area contributed by atoms with E-state index >= 15 is 0 Å². The number of likely N-dealkylation sites (N-methyl/N-ethyl adjacent to an activating group) is 1. The highest BCUT2D eigenvalue weighted by molar-refractivity contribution is 6.33. The van der Waals surface area contributed by atoms with E-state index < -0.39 is 5.60 Å². The zero-order valence-corrected chi connectivity index (χ0v) is 11.9. The van der Waals surface area contributed by atoms with E-state index in [0.717, 1.165) is 11.3 Å². The van der Waals surface area contributed by atoms with Gasteiger partial charge in [0.25, 0.3) is 0 Å². The zero-order chi connectivity index (χ0) is 13.9. The average Bonchev–Trinajstić information content (AvgIpc) is 2.38. The first-order chi connectivity index (χ1) is 9.04. The van der Waals surface area contributed by atoms with Gasteiger partial charge < -0.3 is 19.8 Å². The van der Waals surface area contributed by atoms with Crippen LogP contribution in [0.2, 0.25) is 5.02 Å². The Labute approximate surface area is 118 Å². The highest BCUT2D eigenvalue weighted by atomic mass is 35.5. The largest absolute Gasteiger partial charge is 0.392 e. The summed E-state index contributed by atoms with van der Waals surface area (Å²) in [5.41, 5.74) is 0.928. The van der Waals surface area contributed by atoms with Gasteiger partial charge in [-0.25, -0.2) is 0 Å². The third-order valence-electron chi connectivity index (χ3n) is 3.56. The van der Waals surface area contributed by atoms with Crippen molar-refractivity contribution in [2.24, 2.45) is 0 Å². The third-order valence-corrected chi connectivity index (χ3v) is 3.86. The van der Waals surface area contributed by atoms with Crippen molar-refractivity contribution in [2.75, 3.05) is 31.7 Å². The van der Waals surface area contributed by atoms with Gasteiger partial charge in [-0.05, 0) is 17.7 Å². The number of ether oxygens (including phenoxy) is 1. The quantitative estimate of drug-likeness (QED) is 0.886. The van der Waals surface area contributed by atoms with Crippen molar-refractivity contribution in [3.63, 3.8) is 0 Å². The fourth-order valence-corrected chi connectivity index (χ4v) is 2.74. The highest BCUT2D eigenvalue weighted by Crippen LogP contribution is 2.29. The maximum Gasteiger partial charge on any atom is 0.0865 e. The van der Waals surface area contributed by atoms with Gasteiger partial charge in [-0.3, -0.25) is 0 Å². The molecule has 19 heavy (non-hydrogen) atoms. The highest BCUT2D eigenvalue weighted by Gasteiger charge is 2.31. The minimum atomic E-state index is -0.716. The van der Waals surface area contributed by atoms with E-state index in [9.17, 15) is 5.11 Å². The maximum atomic E-state index is 10.5. The molecule has 0 amide bonds. The average molecular weight is 286 g/mol. The monoisotopic (exact) mass is 285 g/mol. The van der Waals surface area contributed by atoms with Crippen LogP contribution in [0.25, 0.3) is 0 Å². The Kier molecular flexibility index (Phi) is 4.68. The number of benzene rings is 1. The predicted octanol–water partition coefficient (Wildman–Crippen LogP) is 1.81. The van der Waals surface area contributed by atoms with Gasteiger partial charge in [-0.2, -0.15) is 0 Å². The maximum absolute atomic E-state index is 10.5. The van der Waals surface area contributed by atoms with Gasteiger partial charge in [-0.15, -0.1) is 0 Å². The second-order valence-electron chi connectivity index (χ2n) is 5.14. The molecule has 0 radical (unpaired) electrons. The molecule has 2 rings (SSSR count). The number of aliphatic hydroxyl groups excluding tert-OH is 1. The Hall–Kier alpha value is -0.810. The van der Waals surface area contributed by atoms with Crippen LogP contribution in [0.1, 0.15) is 18.4 Å². The molecular weight excluding hydrogens is 266 g/mol. The lowest BCUT2D eigenvalue weighted by Crippen LogP contribution is -2.45. The van der Waals surface area contributed by atoms with Crippen molar-refractivity contribution in [3.8, 4) is 0 Å². The molecule has 1 aliphatic heterocycles. The molecule has 0 spiro atoms. The van der Waals surface area contributed by atoms with Crippen LogP contribution in [0.15, 0.2) is 18.2 Å². The van der Waals surface area contributed by atoms with E-state index in [0.29, 0.717) is 37.6 Å². The molecule has 0 unspecified atom stereocenters. The first-order valence-corrected chi connectivity index (χ1v) is 6.82. The fraction of sp³-hybridized carbons (Fsp3) is 0.571. The molecule has 1 aliphatic rings. The Bertz CT molecular complexity index is 433. The van der Waals surface area contributed by atoms with E-state index in [1.807, 2.05) is 24.1 Å². The number of halogens is 1. The van der Waals surface area contributed by atoms with E-state index in [2.05, 4.69) is 0 Å². The number of hydrogen-bond acceptors (Lipinski definition) is 4. The number of nitrogens with zero attached hydrogens (tertiary/aromatic N) is 1. The summed E-state index contributed by atoms with van der Waals surface area (Å²) in [6.07, 6.45) is 1.29. The topological polar surface area (TPSA) is 52.9 Å². The van der Waals surface area contributed by atoms with Gasteiger partial charge in [0.15, 0.2) is 0 Å². The molecular formula is C14H20ClNO3. The first kappa shape index (κ1) is 14.6. The molecule has 106 valence electrons. The Morgan fingerprint density at radius 1 is 1.37 bits per heavy atom. The Balaban J connectivity index is 2.08. The van der Waals surface area contributed by atoms with Gasteiger partial charge in [0.05, 0.1) is 22.9 Å². The lowest BCUT2D eigenvalue weighted by Gasteiger charge is -2.36. The molecule has 0 aliphatic carbocycles. The van der Waals surface area contributed by atoms with Crippen LogP contribution in [-0.4, -0.2) is 42.6 Å². The van der Waals surface area contributed by atoms with Crippen molar-refractivity contribution < 1.29 is 14.9 Å². The molecule has 2 N–H and O–H groups in total. The molecule has 0 aromatic heterocycles. The summed E-state index contributed by atoms with van der Waals surface area (Å²) in [6, 6.07) is 5.46. The van der Waals surface area contributed by atoms with Crippen LogP contribution in [0.4, 0.5) is 5.69 Å². The normalized spacial score (nSPS) is 18.3. The van der Waals surface area contributed by atoms with E-state index in [1.165, 1.54) is 0 Å². The molecule has 5 heteroatoms. The summed E-state index contributed by atoms with van der Waals surface area (Å²) in [6.45, 7) is 1.70. The standard InChI is InChI=1S/C14H20ClNO3/c1-16(10-14(18)4-6-19-7-5-14)13-3-2-11(9-17)8-12(13)15/h2-3,8,17-18H,4-7,9-10H2,1H3. The van der Waals surface area contributed by atoms with Crippen LogP contribution in [0.3, 0.4) is 0 Å². The van der Waals surface area contributed by atoms with Crippen molar-refractivity contribution in [3.05, 3.63) is 28.8 Å². The van der Waals surface area contributed by atoms with Gasteiger partial charge in [0.2, 0.25) is 0 Å². The minimum Gasteiger partial charge on any atom is -0.392 e. The minimum absolute atomic E-state index is 0.0228. The Morgan fingerprint density at radius 3 is 2.63 bits per heavy atom. The molecule has 1 saturated heterocycles. The van der Waals surface area contributed by atoms with Gasteiger partial charge >= 0.3 is 0 Å². The SMILES string of the molecule is CN(CC1(O)CCOCC1)c1ccc(CO)cc1Cl. The summed E-state index contributed by atoms with van der Waals surface area (Å²) >= 11 is 6.21. The smallest absolute Gasteiger partial charge is 0.0865 e. The van der Waals surface area contributed by atoms with Crippen molar-refractivity contribution >= 4 is 17.3 Å². The van der Waals surface area contributed by atoms with Crippen molar-refractivity contribution in [2.45, 2.75) is 25.0 Å². The van der Waals surface area contributed by atoms with Gasteiger partial charge in [-0.1, -0.05) is 17.7 Å². The van der Waals surface area contributed by atoms with E-state index in [-0.39, 0.29) is 6.61 Å². The summed E-state index contributed by atoms with van der Waals surface area (Å²) in [4.78, 5) is 1.95. The molecule has 4 nitrogen and oxygen atoms in total. The number of hydrogen-bond donors (Lipinski definition) is 2. The van der Waals surface area contributed by atoms with Crippen LogP contribution in [0, 0.1) is 0 Å². The second kappa shape index (κ2) is 6.09. The van der Waals surface area contributed by atoms with Crippen LogP contribution in [0.5, 0.6) is 0 Å². The van der Waals surface area contributed by atoms with Crippen LogP contribution < -0.4 is 4.90 Å². The molecule has 0 bridgehead atoms. The third kappa shape index (κ3) is 3.60. The lowest BCUT2D eigenvalue weighted by molar-refractivity contribution is -0.0572. The molecule has 1 heterocycles. The lowest BCUT2D eigenvalue weighted by atomic mass is 9.94. The van der Waals surface area contributed by atoms with Gasteiger partial charge in [0.1, 0.15) is 0 Å². The number of aliphatic hydroxyl groups is 2. The summed E-state index contributed by atoms with van der Waals surface area (Å²) in [7, 11) is 1.91. The molecule has 1 fully saturated rings. The van der Waals surface area contributed by atoms with E-state index in [4.69, 9.17) is 21.4 Å². The van der Waals surface area contributed by atoms with Crippen LogP contribution >= 0.6 is 11.6 Å². The molecule has 0 atom stereocenters. The fourth-order valence-electron chi connectivity index (χ4n) is 2.39. The molecule has 0 saturated carbocycles. The number of rotatable bonds is 4. The summed E-state index contributed by atoms with van der Waals surface area (Å²) in [5.74, 6) is 0. The van der Waals surface area contributed by atoms with Gasteiger partial charge in [0, 0.05) is 39.6 Å². The Morgan fingerprint density at radius 2 is 2.05 bits per heavy atom. The summed E-state index contributed by atoms with van der Waals surface area (Å²) < 4.78 is 5.27. The van der Waals surface area contributed by atoms with E-state index in [1.54, 1.807) is 6.07 Å². The van der Waals surface area contributed by atoms with Crippen molar-refractivity contribution in [1.82, 2.24) is 0 Å². The zero-order valence-electron chi connectivity index (χ0n) is 11.1. The number of anilines is 1. The second-order valence-corrected chi connectivity index (χ2v) is 5.54. The molecule has 1 aromatic rings. The first-order valence-electron chi connectivity index (χ1n) is 6.45. The predicted molar refractivity (Wildman–Crippen MR) is 75.6 cm³/mol. The van der Waals surface area contributed by atoms with Crippen LogP contribution in [-0.2, 0) is 11.3 Å². The van der Waals surface area contributed by atoms with Crippen molar-refractivity contribution in [1.29, 1.82) is 0 Å². The summed E-state index contributed by atoms with van der Waals surface area (Å²) in [5, 5.41) is 20.1. The molecule has 1 aromatic carbocycles.